The van der Waals surface area contributed by atoms with Gasteiger partial charge in [0.05, 0.1) is 28.9 Å². The van der Waals surface area contributed by atoms with Crippen LogP contribution in [0.4, 0.5) is 0 Å². The summed E-state index contributed by atoms with van der Waals surface area (Å²) in [5.74, 6) is 0.0228. The van der Waals surface area contributed by atoms with Gasteiger partial charge in [-0.25, -0.2) is 4.98 Å². The average Bonchev–Trinajstić information content (AvgIpc) is 3.43. The number of aromatic nitrogens is 2. The maximum Gasteiger partial charge on any atom is 0.259 e. The predicted octanol–water partition coefficient (Wildman–Crippen LogP) is 3.45. The molecule has 6 nitrogen and oxygen atoms in total. The second-order valence-corrected chi connectivity index (χ2v) is 7.65. The van der Waals surface area contributed by atoms with Crippen molar-refractivity contribution in [3.63, 3.8) is 0 Å². The van der Waals surface area contributed by atoms with E-state index < -0.39 is 0 Å². The molecule has 6 heteroatoms. The molecule has 4 heterocycles. The van der Waals surface area contributed by atoms with E-state index in [1.165, 1.54) is 0 Å². The van der Waals surface area contributed by atoms with Crippen molar-refractivity contribution < 1.29 is 14.1 Å². The van der Waals surface area contributed by atoms with Crippen molar-refractivity contribution in [2.24, 2.45) is 5.41 Å². The molecule has 138 valence electrons. The number of rotatable bonds is 2. The van der Waals surface area contributed by atoms with E-state index in [0.29, 0.717) is 22.4 Å². The van der Waals surface area contributed by atoms with E-state index in [1.807, 2.05) is 48.2 Å². The van der Waals surface area contributed by atoms with Gasteiger partial charge in [0.15, 0.2) is 0 Å². The number of carbonyl (C=O) groups excluding carboxylic acids is 1. The lowest BCUT2D eigenvalue weighted by molar-refractivity contribution is 0.0767. The SMILES string of the molecule is Cc1noc2nc(-c3ccccc3)cc(C(=O)N3CCC4(CCOC4)C3)c12. The van der Waals surface area contributed by atoms with E-state index >= 15 is 0 Å². The molecule has 0 N–H and O–H groups in total. The molecule has 1 aromatic carbocycles. The molecule has 1 spiro atoms. The lowest BCUT2D eigenvalue weighted by Crippen LogP contribution is -2.32. The van der Waals surface area contributed by atoms with E-state index in [9.17, 15) is 4.79 Å². The summed E-state index contributed by atoms with van der Waals surface area (Å²) in [6, 6.07) is 11.7. The third-order valence-corrected chi connectivity index (χ3v) is 5.83. The summed E-state index contributed by atoms with van der Waals surface area (Å²) < 4.78 is 11.0. The summed E-state index contributed by atoms with van der Waals surface area (Å²) in [5.41, 5.74) is 3.53. The van der Waals surface area contributed by atoms with Gasteiger partial charge in [0.1, 0.15) is 0 Å². The zero-order chi connectivity index (χ0) is 18.4. The smallest absolute Gasteiger partial charge is 0.259 e. The van der Waals surface area contributed by atoms with Gasteiger partial charge in [0, 0.05) is 30.7 Å². The fourth-order valence-electron chi connectivity index (χ4n) is 4.27. The minimum atomic E-state index is 0.0228. The number of hydrogen-bond acceptors (Lipinski definition) is 5. The molecule has 2 aliphatic heterocycles. The number of benzene rings is 1. The molecule has 0 aliphatic carbocycles. The number of ether oxygens (including phenoxy) is 1. The molecule has 2 aliphatic rings. The second kappa shape index (κ2) is 6.16. The molecule has 2 saturated heterocycles. The Morgan fingerprint density at radius 1 is 1.22 bits per heavy atom. The summed E-state index contributed by atoms with van der Waals surface area (Å²) in [4.78, 5) is 20.0. The lowest BCUT2D eigenvalue weighted by atomic mass is 9.87. The Balaban J connectivity index is 1.57. The molecule has 27 heavy (non-hydrogen) atoms. The van der Waals surface area contributed by atoms with Gasteiger partial charge in [-0.3, -0.25) is 4.79 Å². The number of fused-ring (bicyclic) bond motifs is 1. The van der Waals surface area contributed by atoms with Gasteiger partial charge in [0.25, 0.3) is 11.6 Å². The highest BCUT2D eigenvalue weighted by atomic mass is 16.5. The number of nitrogens with zero attached hydrogens (tertiary/aromatic N) is 3. The van der Waals surface area contributed by atoms with Crippen LogP contribution in [0.3, 0.4) is 0 Å². The normalized spacial score (nSPS) is 22.2. The quantitative estimate of drug-likeness (QED) is 0.697. The highest BCUT2D eigenvalue weighted by molar-refractivity contribution is 6.07. The molecule has 3 aromatic rings. The first-order valence-corrected chi connectivity index (χ1v) is 9.35. The predicted molar refractivity (Wildman–Crippen MR) is 100 cm³/mol. The van der Waals surface area contributed by atoms with Gasteiger partial charge in [-0.2, -0.15) is 0 Å². The number of pyridine rings is 1. The second-order valence-electron chi connectivity index (χ2n) is 7.65. The van der Waals surface area contributed by atoms with Crippen molar-refractivity contribution in [3.8, 4) is 11.3 Å². The van der Waals surface area contributed by atoms with Crippen LogP contribution in [0.5, 0.6) is 0 Å². The van der Waals surface area contributed by atoms with Gasteiger partial charge < -0.3 is 14.2 Å². The summed E-state index contributed by atoms with van der Waals surface area (Å²) in [7, 11) is 0. The molecule has 0 radical (unpaired) electrons. The highest BCUT2D eigenvalue weighted by Crippen LogP contribution is 2.39. The summed E-state index contributed by atoms with van der Waals surface area (Å²) >= 11 is 0. The van der Waals surface area contributed by atoms with Gasteiger partial charge >= 0.3 is 0 Å². The van der Waals surface area contributed by atoms with E-state index in [2.05, 4.69) is 10.1 Å². The Labute approximate surface area is 157 Å². The Morgan fingerprint density at radius 2 is 2.07 bits per heavy atom. The van der Waals surface area contributed by atoms with Crippen LogP contribution < -0.4 is 0 Å². The minimum Gasteiger partial charge on any atom is -0.381 e. The molecule has 1 amide bonds. The molecular formula is C21H21N3O3. The fourth-order valence-corrected chi connectivity index (χ4v) is 4.27. The minimum absolute atomic E-state index is 0.0228. The van der Waals surface area contributed by atoms with Crippen LogP contribution in [0.15, 0.2) is 40.9 Å². The zero-order valence-electron chi connectivity index (χ0n) is 15.3. The van der Waals surface area contributed by atoms with Crippen molar-refractivity contribution in [2.75, 3.05) is 26.3 Å². The van der Waals surface area contributed by atoms with E-state index in [1.54, 1.807) is 0 Å². The lowest BCUT2D eigenvalue weighted by Gasteiger charge is -2.22. The topological polar surface area (TPSA) is 68.5 Å². The van der Waals surface area contributed by atoms with Crippen LogP contribution in [0.25, 0.3) is 22.4 Å². The Bertz CT molecular complexity index is 1010. The first-order valence-electron chi connectivity index (χ1n) is 9.35. The van der Waals surface area contributed by atoms with Crippen molar-refractivity contribution in [1.29, 1.82) is 0 Å². The summed E-state index contributed by atoms with van der Waals surface area (Å²) in [6.45, 7) is 4.91. The third-order valence-electron chi connectivity index (χ3n) is 5.83. The van der Waals surface area contributed by atoms with Crippen molar-refractivity contribution in [2.45, 2.75) is 19.8 Å². The largest absolute Gasteiger partial charge is 0.381 e. The number of hydrogen-bond donors (Lipinski definition) is 0. The molecular weight excluding hydrogens is 342 g/mol. The molecule has 1 atom stereocenters. The zero-order valence-corrected chi connectivity index (χ0v) is 15.3. The maximum absolute atomic E-state index is 13.4. The molecule has 0 bridgehead atoms. The Kier molecular flexibility index (Phi) is 3.75. The van der Waals surface area contributed by atoms with E-state index in [4.69, 9.17) is 9.26 Å². The van der Waals surface area contributed by atoms with Crippen molar-refractivity contribution in [3.05, 3.63) is 47.7 Å². The fraction of sp³-hybridized carbons (Fsp3) is 0.381. The Hall–Kier alpha value is -2.73. The van der Waals surface area contributed by atoms with Crippen LogP contribution in [0.1, 0.15) is 28.9 Å². The standard InChI is InChI=1S/C21H21N3O3/c1-14-18-16(20(25)24-9-7-21(12-24)8-10-26-13-21)11-17(22-19(18)27-23-14)15-5-3-2-4-6-15/h2-6,11H,7-10,12-13H2,1H3. The van der Waals surface area contributed by atoms with Gasteiger partial charge in [-0.05, 0) is 25.8 Å². The van der Waals surface area contributed by atoms with Gasteiger partial charge in [-0.15, -0.1) is 0 Å². The van der Waals surface area contributed by atoms with E-state index in [-0.39, 0.29) is 11.3 Å². The summed E-state index contributed by atoms with van der Waals surface area (Å²) in [5, 5.41) is 4.75. The third kappa shape index (κ3) is 2.72. The number of amides is 1. The highest BCUT2D eigenvalue weighted by Gasteiger charge is 2.43. The van der Waals surface area contributed by atoms with Crippen LogP contribution in [-0.2, 0) is 4.74 Å². The maximum atomic E-state index is 13.4. The van der Waals surface area contributed by atoms with Crippen LogP contribution in [-0.4, -0.2) is 47.3 Å². The molecule has 1 unspecified atom stereocenters. The van der Waals surface area contributed by atoms with Crippen LogP contribution in [0.2, 0.25) is 0 Å². The van der Waals surface area contributed by atoms with Gasteiger partial charge in [-0.1, -0.05) is 35.5 Å². The molecule has 0 saturated carbocycles. The Morgan fingerprint density at radius 3 is 2.85 bits per heavy atom. The summed E-state index contributed by atoms with van der Waals surface area (Å²) in [6.07, 6.45) is 2.03. The monoisotopic (exact) mass is 363 g/mol. The van der Waals surface area contributed by atoms with Gasteiger partial charge in [0.2, 0.25) is 0 Å². The molecule has 2 aromatic heterocycles. The number of likely N-dealkylation sites (tertiary alicyclic amines) is 1. The van der Waals surface area contributed by atoms with Crippen LogP contribution >= 0.6 is 0 Å². The van der Waals surface area contributed by atoms with Crippen molar-refractivity contribution >= 4 is 17.0 Å². The molecule has 2 fully saturated rings. The van der Waals surface area contributed by atoms with Crippen molar-refractivity contribution in [1.82, 2.24) is 15.0 Å². The number of aryl methyl sites for hydroxylation is 1. The first kappa shape index (κ1) is 16.4. The first-order chi connectivity index (χ1) is 13.2. The molecule has 5 rings (SSSR count). The number of carbonyl (C=O) groups is 1. The van der Waals surface area contributed by atoms with Crippen LogP contribution in [0, 0.1) is 12.3 Å². The van der Waals surface area contributed by atoms with E-state index in [0.717, 1.165) is 50.4 Å². The average molecular weight is 363 g/mol.